The molecule has 26 heavy (non-hydrogen) atoms. The minimum Gasteiger partial charge on any atom is -0.300 e. The summed E-state index contributed by atoms with van der Waals surface area (Å²) in [6.07, 6.45) is 5.78. The molecule has 1 N–H and O–H groups in total. The molecule has 0 aliphatic carbocycles. The molecule has 2 aromatic rings. The zero-order chi connectivity index (χ0) is 18.1. The van der Waals surface area contributed by atoms with E-state index >= 15 is 0 Å². The summed E-state index contributed by atoms with van der Waals surface area (Å²) < 4.78 is 28.1. The predicted molar refractivity (Wildman–Crippen MR) is 104 cm³/mol. The van der Waals surface area contributed by atoms with Crippen LogP contribution in [-0.4, -0.2) is 60.0 Å². The number of thiophene rings is 1. The van der Waals surface area contributed by atoms with E-state index in [0.717, 1.165) is 29.1 Å². The fourth-order valence-corrected chi connectivity index (χ4v) is 6.89. The molecule has 0 amide bonds. The predicted octanol–water partition coefficient (Wildman–Crippen LogP) is 3.09. The Bertz CT molecular complexity index is 844. The minimum atomic E-state index is -3.40. The van der Waals surface area contributed by atoms with Crippen molar-refractivity contribution in [2.45, 2.75) is 49.3 Å². The first-order valence-electron chi connectivity index (χ1n) is 9.40. The topological polar surface area (TPSA) is 69.3 Å². The molecule has 0 spiro atoms. The molecule has 0 saturated carbocycles. The van der Waals surface area contributed by atoms with Crippen LogP contribution in [0.1, 0.15) is 37.8 Å². The quantitative estimate of drug-likeness (QED) is 0.865. The highest BCUT2D eigenvalue weighted by molar-refractivity contribution is 7.91. The molecule has 4 heterocycles. The van der Waals surface area contributed by atoms with E-state index in [1.165, 1.54) is 43.7 Å². The second-order valence-electron chi connectivity index (χ2n) is 7.29. The lowest BCUT2D eigenvalue weighted by molar-refractivity contribution is 0.118. The second-order valence-corrected chi connectivity index (χ2v) is 10.5. The van der Waals surface area contributed by atoms with E-state index in [-0.39, 0.29) is 0 Å². The molecule has 2 aliphatic rings. The number of aromatic nitrogens is 2. The van der Waals surface area contributed by atoms with Crippen molar-refractivity contribution in [3.8, 4) is 10.6 Å². The lowest BCUT2D eigenvalue weighted by Crippen LogP contribution is -2.48. The van der Waals surface area contributed by atoms with Crippen LogP contribution in [0.25, 0.3) is 10.6 Å². The first-order valence-corrected chi connectivity index (χ1v) is 11.7. The second kappa shape index (κ2) is 7.42. The average molecular weight is 395 g/mol. The summed E-state index contributed by atoms with van der Waals surface area (Å²) in [5, 5.41) is 7.13. The molecule has 6 nitrogen and oxygen atoms in total. The number of nitrogens with zero attached hydrogens (tertiary/aromatic N) is 3. The summed E-state index contributed by atoms with van der Waals surface area (Å²) in [5.74, 6) is 0. The molecule has 0 radical (unpaired) electrons. The average Bonchev–Trinajstić information content (AvgIpc) is 3.32. The molecular weight excluding hydrogens is 368 g/mol. The Morgan fingerprint density at radius 1 is 1.12 bits per heavy atom. The number of nitrogens with one attached hydrogen (secondary N) is 1. The smallest absolute Gasteiger partial charge is 0.252 e. The fraction of sp³-hybridized carbons (Fsp3) is 0.611. The van der Waals surface area contributed by atoms with Crippen LogP contribution in [-0.2, 0) is 10.0 Å². The van der Waals surface area contributed by atoms with Crippen molar-refractivity contribution in [3.63, 3.8) is 0 Å². The van der Waals surface area contributed by atoms with Gasteiger partial charge in [-0.2, -0.15) is 9.40 Å². The fourth-order valence-electron chi connectivity index (χ4n) is 4.00. The summed E-state index contributed by atoms with van der Waals surface area (Å²) in [6, 6.07) is 6.06. The molecule has 2 aliphatic heterocycles. The van der Waals surface area contributed by atoms with E-state index < -0.39 is 10.0 Å². The highest BCUT2D eigenvalue weighted by Crippen LogP contribution is 2.33. The number of hydrogen-bond donors (Lipinski definition) is 1. The van der Waals surface area contributed by atoms with Crippen molar-refractivity contribution in [2.75, 3.05) is 26.2 Å². The Labute approximate surface area is 159 Å². The van der Waals surface area contributed by atoms with Crippen LogP contribution in [0.4, 0.5) is 0 Å². The lowest BCUT2D eigenvalue weighted by atomic mass is 10.0. The SMILES string of the molecule is Cc1cc(-c2ccc(S(=O)(=O)N3CCC(N4CCCCC4)CC3)s2)n[nH]1. The van der Waals surface area contributed by atoms with Gasteiger partial charge in [0, 0.05) is 24.8 Å². The van der Waals surface area contributed by atoms with Gasteiger partial charge in [0.15, 0.2) is 0 Å². The van der Waals surface area contributed by atoms with Gasteiger partial charge in [0.25, 0.3) is 10.0 Å². The molecule has 142 valence electrons. The number of aryl methyl sites for hydroxylation is 1. The summed E-state index contributed by atoms with van der Waals surface area (Å²) in [6.45, 7) is 5.54. The highest BCUT2D eigenvalue weighted by Gasteiger charge is 2.33. The Hall–Kier alpha value is -1.22. The minimum absolute atomic E-state index is 0.421. The van der Waals surface area contributed by atoms with E-state index in [2.05, 4.69) is 15.1 Å². The first kappa shape index (κ1) is 18.2. The Balaban J connectivity index is 1.43. The van der Waals surface area contributed by atoms with Gasteiger partial charge in [-0.15, -0.1) is 11.3 Å². The van der Waals surface area contributed by atoms with E-state index in [9.17, 15) is 8.42 Å². The number of piperidine rings is 2. The van der Waals surface area contributed by atoms with Crippen LogP contribution >= 0.6 is 11.3 Å². The van der Waals surface area contributed by atoms with Crippen LogP contribution in [0, 0.1) is 6.92 Å². The van der Waals surface area contributed by atoms with Crippen molar-refractivity contribution in [1.82, 2.24) is 19.4 Å². The van der Waals surface area contributed by atoms with Gasteiger partial charge < -0.3 is 4.90 Å². The van der Waals surface area contributed by atoms with Gasteiger partial charge in [-0.05, 0) is 63.9 Å². The monoisotopic (exact) mass is 394 g/mol. The number of aromatic amines is 1. The standard InChI is InChI=1S/C18H26N4O2S2/c1-14-13-16(20-19-14)17-5-6-18(25-17)26(23,24)22-11-7-15(8-12-22)21-9-3-2-4-10-21/h5-6,13,15H,2-4,7-12H2,1H3,(H,19,20). The van der Waals surface area contributed by atoms with Crippen LogP contribution in [0.5, 0.6) is 0 Å². The van der Waals surface area contributed by atoms with Crippen molar-refractivity contribution in [3.05, 3.63) is 23.9 Å². The number of likely N-dealkylation sites (tertiary alicyclic amines) is 1. The van der Waals surface area contributed by atoms with Crippen LogP contribution < -0.4 is 0 Å². The zero-order valence-corrected chi connectivity index (χ0v) is 16.8. The van der Waals surface area contributed by atoms with Gasteiger partial charge in [0.1, 0.15) is 9.90 Å². The lowest BCUT2D eigenvalue weighted by Gasteiger charge is -2.39. The number of rotatable bonds is 4. The molecular formula is C18H26N4O2S2. The summed E-state index contributed by atoms with van der Waals surface area (Å²) in [4.78, 5) is 3.45. The van der Waals surface area contributed by atoms with E-state index in [1.807, 2.05) is 19.1 Å². The number of H-pyrrole nitrogens is 1. The van der Waals surface area contributed by atoms with Crippen LogP contribution in [0.2, 0.25) is 0 Å². The van der Waals surface area contributed by atoms with E-state index in [1.54, 1.807) is 10.4 Å². The normalized spacial score (nSPS) is 21.3. The zero-order valence-electron chi connectivity index (χ0n) is 15.1. The van der Waals surface area contributed by atoms with Crippen molar-refractivity contribution >= 4 is 21.4 Å². The Kier molecular flexibility index (Phi) is 5.18. The molecule has 8 heteroatoms. The first-order chi connectivity index (χ1) is 12.5. The maximum Gasteiger partial charge on any atom is 0.252 e. The third-order valence-corrected chi connectivity index (χ3v) is 8.94. The Morgan fingerprint density at radius 2 is 1.85 bits per heavy atom. The van der Waals surface area contributed by atoms with Gasteiger partial charge in [0.05, 0.1) is 4.88 Å². The maximum absolute atomic E-state index is 13.0. The molecule has 4 rings (SSSR count). The van der Waals surface area contributed by atoms with Gasteiger partial charge in [-0.25, -0.2) is 8.42 Å². The van der Waals surface area contributed by atoms with Crippen LogP contribution in [0.3, 0.4) is 0 Å². The molecule has 2 aromatic heterocycles. The van der Waals surface area contributed by atoms with E-state index in [0.29, 0.717) is 23.3 Å². The van der Waals surface area contributed by atoms with Crippen molar-refractivity contribution in [1.29, 1.82) is 0 Å². The molecule has 0 bridgehead atoms. The highest BCUT2D eigenvalue weighted by atomic mass is 32.2. The third-order valence-electron chi connectivity index (χ3n) is 5.46. The summed E-state index contributed by atoms with van der Waals surface area (Å²) >= 11 is 1.31. The number of sulfonamides is 1. The van der Waals surface area contributed by atoms with Crippen molar-refractivity contribution < 1.29 is 8.42 Å². The largest absolute Gasteiger partial charge is 0.300 e. The maximum atomic E-state index is 13.0. The molecule has 0 atom stereocenters. The summed E-state index contributed by atoms with van der Waals surface area (Å²) in [5.41, 5.74) is 1.77. The van der Waals surface area contributed by atoms with Crippen LogP contribution in [0.15, 0.2) is 22.4 Å². The molecule has 2 fully saturated rings. The number of hydrogen-bond acceptors (Lipinski definition) is 5. The third kappa shape index (κ3) is 3.60. The van der Waals surface area contributed by atoms with Gasteiger partial charge >= 0.3 is 0 Å². The Morgan fingerprint density at radius 3 is 2.50 bits per heavy atom. The van der Waals surface area contributed by atoms with Crippen molar-refractivity contribution in [2.24, 2.45) is 0 Å². The summed E-state index contributed by atoms with van der Waals surface area (Å²) in [7, 11) is -3.40. The molecule has 2 saturated heterocycles. The van der Waals surface area contributed by atoms with Gasteiger partial charge in [-0.3, -0.25) is 5.10 Å². The van der Waals surface area contributed by atoms with E-state index in [4.69, 9.17) is 0 Å². The van der Waals surface area contributed by atoms with Gasteiger partial charge in [0.2, 0.25) is 0 Å². The van der Waals surface area contributed by atoms with Gasteiger partial charge in [-0.1, -0.05) is 6.42 Å². The molecule has 0 aromatic carbocycles. The molecule has 0 unspecified atom stereocenters.